The highest BCUT2D eigenvalue weighted by Gasteiger charge is 2.46. The van der Waals surface area contributed by atoms with Crippen molar-refractivity contribution < 1.29 is 23.6 Å². The van der Waals surface area contributed by atoms with E-state index >= 15 is 0 Å². The van der Waals surface area contributed by atoms with E-state index in [1.54, 1.807) is 7.11 Å². The van der Waals surface area contributed by atoms with Crippen LogP contribution in [0.15, 0.2) is 21.9 Å². The second kappa shape index (κ2) is 7.25. The quantitative estimate of drug-likeness (QED) is 0.462. The molecule has 9 nitrogen and oxygen atoms in total. The van der Waals surface area contributed by atoms with Crippen molar-refractivity contribution in [1.82, 2.24) is 9.55 Å². The Bertz CT molecular complexity index is 649. The van der Waals surface area contributed by atoms with Crippen LogP contribution < -0.4 is 11.2 Å². The molecule has 2 N–H and O–H groups in total. The molecule has 1 aliphatic rings. The smallest absolute Gasteiger partial charge is 0.330 e. The van der Waals surface area contributed by atoms with Crippen LogP contribution in [-0.4, -0.2) is 68.0 Å². The minimum atomic E-state index is -1.74. The Morgan fingerprint density at radius 2 is 2.17 bits per heavy atom. The number of aliphatic hydroxyl groups is 1. The number of aliphatic hydroxyl groups excluding tert-OH is 1. The minimum absolute atomic E-state index is 0.139. The molecule has 2 unspecified atom stereocenters. The van der Waals surface area contributed by atoms with Crippen LogP contribution in [0, 0.1) is 0 Å². The van der Waals surface area contributed by atoms with Crippen LogP contribution in [0.1, 0.15) is 6.23 Å². The van der Waals surface area contributed by atoms with Gasteiger partial charge in [-0.15, -0.1) is 0 Å². The van der Waals surface area contributed by atoms with Crippen molar-refractivity contribution >= 4 is 15.2 Å². The summed E-state index contributed by atoms with van der Waals surface area (Å²) < 4.78 is 23.4. The second-order valence-electron chi connectivity index (χ2n) is 4.69. The van der Waals surface area contributed by atoms with Crippen molar-refractivity contribution in [2.75, 3.05) is 27.5 Å². The molecule has 2 heterocycles. The van der Waals surface area contributed by atoms with Gasteiger partial charge in [0.15, 0.2) is 13.8 Å². The predicted octanol–water partition coefficient (Wildman–Crippen LogP) is -1.77. The third-order valence-electron chi connectivity index (χ3n) is 3.39. The molecule has 1 aliphatic heterocycles. The molecular weight excluding hydrogens is 326 g/mol. The van der Waals surface area contributed by atoms with E-state index in [1.807, 2.05) is 6.66 Å². The fourth-order valence-electron chi connectivity index (χ4n) is 2.19. The monoisotopic (exact) mass is 348 g/mol. The maximum Gasteiger partial charge on any atom is 0.330 e. The molecule has 23 heavy (non-hydrogen) atoms. The molecule has 0 amide bonds. The number of nitrogens with one attached hydrogen (secondary N) is 1. The van der Waals surface area contributed by atoms with Crippen molar-refractivity contribution in [2.24, 2.45) is 0 Å². The van der Waals surface area contributed by atoms with Crippen LogP contribution in [-0.2, 0) is 18.5 Å². The zero-order chi connectivity index (χ0) is 17.2. The lowest BCUT2D eigenvalue weighted by Crippen LogP contribution is -2.38. The molecule has 1 fully saturated rings. The summed E-state index contributed by atoms with van der Waals surface area (Å²) in [5.41, 5.74) is -1.12. The molecule has 2 rings (SSSR count). The molecule has 0 aliphatic carbocycles. The highest BCUT2D eigenvalue weighted by atomic mass is 31.2. The number of nitrogens with zero attached hydrogens (tertiary/aromatic N) is 1. The largest absolute Gasteiger partial charge is 0.387 e. The van der Waals surface area contributed by atoms with E-state index in [9.17, 15) is 14.7 Å². The van der Waals surface area contributed by atoms with E-state index in [2.05, 4.69) is 4.98 Å². The predicted molar refractivity (Wildman–Crippen MR) is 87.8 cm³/mol. The van der Waals surface area contributed by atoms with Crippen molar-refractivity contribution in [1.29, 1.82) is 0 Å². The topological polar surface area (TPSA) is 112 Å². The highest BCUT2D eigenvalue weighted by molar-refractivity contribution is 7.89. The van der Waals surface area contributed by atoms with E-state index in [4.69, 9.17) is 18.5 Å². The van der Waals surface area contributed by atoms with Gasteiger partial charge < -0.3 is 14.6 Å². The molecule has 0 spiro atoms. The van der Waals surface area contributed by atoms with Gasteiger partial charge in [-0.1, -0.05) is 0 Å². The summed E-state index contributed by atoms with van der Waals surface area (Å²) in [6, 6.07) is 1.21. The van der Waals surface area contributed by atoms with Crippen molar-refractivity contribution in [3.05, 3.63) is 33.1 Å². The van der Waals surface area contributed by atoms with E-state index in [0.717, 1.165) is 0 Å². The van der Waals surface area contributed by atoms with Gasteiger partial charge in [-0.3, -0.25) is 23.4 Å². The number of aromatic amines is 1. The van der Waals surface area contributed by atoms with Gasteiger partial charge in [0.25, 0.3) is 5.56 Å². The number of ether oxygens (including phenoxy) is 2. The number of rotatable bonds is 6. The molecule has 0 bridgehead atoms. The first-order valence-electron chi connectivity index (χ1n) is 6.56. The number of methoxy groups -OCH3 is 1. The molecule has 1 aromatic rings. The Morgan fingerprint density at radius 3 is 2.74 bits per heavy atom. The van der Waals surface area contributed by atoms with Gasteiger partial charge in [0, 0.05) is 19.4 Å². The Morgan fingerprint density at radius 1 is 1.48 bits per heavy atom. The molecule has 0 aromatic carbocycles. The fraction of sp³-hybridized carbons (Fsp3) is 0.667. The summed E-state index contributed by atoms with van der Waals surface area (Å²) in [6.07, 6.45) is -1.87. The first-order chi connectivity index (χ1) is 10.8. The Hall–Kier alpha value is -1.03. The maximum absolute atomic E-state index is 11.9. The summed E-state index contributed by atoms with van der Waals surface area (Å²) in [6.45, 7) is 2.11. The summed E-state index contributed by atoms with van der Waals surface area (Å²) in [5.74, 6) is 0. The van der Waals surface area contributed by atoms with Crippen LogP contribution in [0.3, 0.4) is 0 Å². The summed E-state index contributed by atoms with van der Waals surface area (Å²) >= 11 is 0. The van der Waals surface area contributed by atoms with Gasteiger partial charge in [-0.05, 0) is 0 Å². The minimum Gasteiger partial charge on any atom is -0.387 e. The van der Waals surface area contributed by atoms with Gasteiger partial charge in [-0.2, -0.15) is 0 Å². The van der Waals surface area contributed by atoms with Crippen LogP contribution in [0.5, 0.6) is 0 Å². The van der Waals surface area contributed by atoms with E-state index < -0.39 is 43.4 Å². The normalized spacial score (nSPS) is 30.3. The fourth-order valence-corrected chi connectivity index (χ4v) is 2.66. The third kappa shape index (κ3) is 4.09. The molecule has 11 heteroatoms. The number of hydrogen-bond donors (Lipinski definition) is 2. The number of hydrogen-bond acceptors (Lipinski definition) is 7. The van der Waals surface area contributed by atoms with Gasteiger partial charge in [-0.25, -0.2) is 4.79 Å². The Kier molecular flexibility index (Phi) is 5.77. The standard InChI is InChI=1S/C12H22BN2O7P/c1-19-10-9(17)7(6-21-23(3,13)20-2)22-11(10)15-5-4-8(16)14-12(15)18/h4-5,7,9-11,17H,6H2,1-3,13H3,(H,14,16,18)/t7-,9+,10?,11-,23?/m1/s1. The lowest BCUT2D eigenvalue weighted by Gasteiger charge is -2.23. The maximum atomic E-state index is 11.9. The zero-order valence-corrected chi connectivity index (χ0v) is 13.4. The molecule has 0 radical (unpaired) electrons. The lowest BCUT2D eigenvalue weighted by atomic mass is 10.1. The van der Waals surface area contributed by atoms with Crippen molar-refractivity contribution in [3.8, 4) is 0 Å². The van der Waals surface area contributed by atoms with Gasteiger partial charge in [0.2, 0.25) is 0 Å². The molecule has 1 saturated heterocycles. The van der Waals surface area contributed by atoms with E-state index in [0.29, 0.717) is 0 Å². The summed E-state index contributed by atoms with van der Waals surface area (Å²) in [4.78, 5) is 25.2. The molecule has 5 atom stereocenters. The lowest BCUT2D eigenvalue weighted by molar-refractivity contribution is -0.0604. The Balaban J connectivity index is 2.18. The van der Waals surface area contributed by atoms with Gasteiger partial charge in [0.05, 0.1) is 21.4 Å². The van der Waals surface area contributed by atoms with E-state index in [-0.39, 0.29) is 14.2 Å². The van der Waals surface area contributed by atoms with Crippen molar-refractivity contribution in [2.45, 2.75) is 24.5 Å². The molecule has 0 saturated carbocycles. The first kappa shape index (κ1) is 18.3. The molecule has 1 aromatic heterocycles. The summed E-state index contributed by atoms with van der Waals surface area (Å²) in [5, 5.41) is 10.4. The van der Waals surface area contributed by atoms with Gasteiger partial charge in [0.1, 0.15) is 24.9 Å². The summed E-state index contributed by atoms with van der Waals surface area (Å²) in [7, 11) is 1.17. The average molecular weight is 348 g/mol. The molecular formula is C12H22BN2O7P. The first-order valence-corrected chi connectivity index (χ1v) is 8.19. The molecule has 130 valence electrons. The zero-order valence-electron chi connectivity index (χ0n) is 12.5. The van der Waals surface area contributed by atoms with E-state index in [1.165, 1.54) is 23.9 Å². The third-order valence-corrected chi connectivity index (χ3v) is 4.41. The SMILES string of the molecule is [BH3-][P+](C)(OC)OC[C@H]1O[C@@H](n2ccc(=O)[nH]c2=O)C(OC)[C@H]1O. The van der Waals surface area contributed by atoms with Gasteiger partial charge >= 0.3 is 5.69 Å². The van der Waals surface area contributed by atoms with Crippen molar-refractivity contribution in [3.63, 3.8) is 0 Å². The van der Waals surface area contributed by atoms with Crippen LogP contribution in [0.4, 0.5) is 0 Å². The van der Waals surface area contributed by atoms with Crippen LogP contribution in [0.2, 0.25) is 0 Å². The number of aromatic nitrogens is 2. The van der Waals surface area contributed by atoms with Crippen LogP contribution >= 0.6 is 7.59 Å². The highest BCUT2D eigenvalue weighted by Crippen LogP contribution is 2.51. The van der Waals surface area contributed by atoms with Crippen LogP contribution in [0.25, 0.3) is 0 Å². The average Bonchev–Trinajstić information content (AvgIpc) is 2.81. The number of H-pyrrole nitrogens is 1. The second-order valence-corrected chi connectivity index (χ2v) is 6.19. The Labute approximate surface area is 134 Å².